The van der Waals surface area contributed by atoms with Crippen molar-refractivity contribution in [1.82, 2.24) is 0 Å². The molecule has 0 amide bonds. The van der Waals surface area contributed by atoms with Gasteiger partial charge in [-0.2, -0.15) is 0 Å². The van der Waals surface area contributed by atoms with Crippen molar-refractivity contribution >= 4 is 35.6 Å². The number of ether oxygens (including phenoxy) is 2. The van der Waals surface area contributed by atoms with Crippen molar-refractivity contribution < 1.29 is 9.47 Å². The Balaban J connectivity index is 0.00000200. The summed E-state index contributed by atoms with van der Waals surface area (Å²) in [6.07, 6.45) is 2.40. The molecular formula is C14H22IN3O2. The molecule has 1 unspecified atom stereocenters. The zero-order valence-electron chi connectivity index (χ0n) is 11.7. The zero-order valence-corrected chi connectivity index (χ0v) is 14.0. The van der Waals surface area contributed by atoms with E-state index in [4.69, 9.17) is 15.2 Å². The van der Waals surface area contributed by atoms with Crippen LogP contribution in [0.25, 0.3) is 0 Å². The second-order valence-electron chi connectivity index (χ2n) is 4.58. The Kier molecular flexibility index (Phi) is 7.86. The van der Waals surface area contributed by atoms with Crippen LogP contribution in [0.5, 0.6) is 0 Å². The summed E-state index contributed by atoms with van der Waals surface area (Å²) in [6.45, 7) is 2.00. The zero-order chi connectivity index (χ0) is 13.5. The van der Waals surface area contributed by atoms with E-state index in [1.807, 2.05) is 24.3 Å². The fourth-order valence-electron chi connectivity index (χ4n) is 2.09. The average molecular weight is 391 g/mol. The van der Waals surface area contributed by atoms with E-state index in [9.17, 15) is 0 Å². The molecule has 2 rings (SSSR count). The SMILES string of the molecule is COCc1ccccc1NC(N)=NCC1CCCO1.I. The number of para-hydroxylation sites is 1. The summed E-state index contributed by atoms with van der Waals surface area (Å²) in [7, 11) is 1.67. The first-order chi connectivity index (χ1) is 9.29. The Morgan fingerprint density at radius 3 is 3.00 bits per heavy atom. The van der Waals surface area contributed by atoms with Crippen LogP contribution >= 0.6 is 24.0 Å². The van der Waals surface area contributed by atoms with Gasteiger partial charge in [0.1, 0.15) is 0 Å². The monoisotopic (exact) mass is 391 g/mol. The van der Waals surface area contributed by atoms with E-state index < -0.39 is 0 Å². The van der Waals surface area contributed by atoms with E-state index in [-0.39, 0.29) is 30.1 Å². The molecule has 1 aliphatic heterocycles. The molecule has 0 saturated carbocycles. The number of methoxy groups -OCH3 is 1. The molecule has 1 atom stereocenters. The molecule has 0 aliphatic carbocycles. The van der Waals surface area contributed by atoms with Gasteiger partial charge < -0.3 is 20.5 Å². The predicted octanol–water partition coefficient (Wildman–Crippen LogP) is 2.36. The number of halogens is 1. The molecule has 6 heteroatoms. The third-order valence-corrected chi connectivity index (χ3v) is 3.07. The molecule has 0 bridgehead atoms. The maximum Gasteiger partial charge on any atom is 0.193 e. The van der Waals surface area contributed by atoms with Crippen molar-refractivity contribution in [3.05, 3.63) is 29.8 Å². The standard InChI is InChI=1S/C14H21N3O2.HI/c1-18-10-11-5-2-3-7-13(11)17-14(15)16-9-12-6-4-8-19-12;/h2-3,5,7,12H,4,6,8-10H2,1H3,(H3,15,16,17);1H. The molecule has 3 N–H and O–H groups in total. The van der Waals surface area contributed by atoms with Crippen LogP contribution in [0.2, 0.25) is 0 Å². The van der Waals surface area contributed by atoms with Gasteiger partial charge in [0.25, 0.3) is 0 Å². The van der Waals surface area contributed by atoms with Crippen LogP contribution in [0.15, 0.2) is 29.3 Å². The van der Waals surface area contributed by atoms with Gasteiger partial charge in [0.2, 0.25) is 0 Å². The lowest BCUT2D eigenvalue weighted by molar-refractivity contribution is 0.118. The highest BCUT2D eigenvalue weighted by molar-refractivity contribution is 14.0. The minimum absolute atomic E-state index is 0. The van der Waals surface area contributed by atoms with Gasteiger partial charge in [-0.15, -0.1) is 24.0 Å². The summed E-state index contributed by atoms with van der Waals surface area (Å²) in [6, 6.07) is 7.89. The number of nitrogens with two attached hydrogens (primary N) is 1. The first-order valence-electron chi connectivity index (χ1n) is 6.55. The van der Waals surface area contributed by atoms with Gasteiger partial charge in [-0.1, -0.05) is 18.2 Å². The molecule has 1 saturated heterocycles. The van der Waals surface area contributed by atoms with Crippen LogP contribution in [-0.4, -0.2) is 32.3 Å². The molecule has 112 valence electrons. The van der Waals surface area contributed by atoms with Crippen LogP contribution in [0.1, 0.15) is 18.4 Å². The largest absolute Gasteiger partial charge is 0.380 e. The van der Waals surface area contributed by atoms with E-state index in [0.717, 1.165) is 30.7 Å². The second kappa shape index (κ2) is 9.15. The van der Waals surface area contributed by atoms with Gasteiger partial charge in [-0.3, -0.25) is 4.99 Å². The number of guanidine groups is 1. The van der Waals surface area contributed by atoms with E-state index in [1.165, 1.54) is 0 Å². The minimum Gasteiger partial charge on any atom is -0.380 e. The Morgan fingerprint density at radius 1 is 1.50 bits per heavy atom. The molecular weight excluding hydrogens is 369 g/mol. The molecule has 1 aromatic carbocycles. The van der Waals surface area contributed by atoms with E-state index in [1.54, 1.807) is 7.11 Å². The van der Waals surface area contributed by atoms with E-state index >= 15 is 0 Å². The third-order valence-electron chi connectivity index (χ3n) is 3.07. The number of nitrogens with one attached hydrogen (secondary N) is 1. The van der Waals surface area contributed by atoms with Gasteiger partial charge in [0.15, 0.2) is 5.96 Å². The molecule has 1 aliphatic rings. The summed E-state index contributed by atoms with van der Waals surface area (Å²) in [4.78, 5) is 4.32. The summed E-state index contributed by atoms with van der Waals surface area (Å²) < 4.78 is 10.7. The Morgan fingerprint density at radius 2 is 2.30 bits per heavy atom. The predicted molar refractivity (Wildman–Crippen MR) is 91.7 cm³/mol. The van der Waals surface area contributed by atoms with E-state index in [2.05, 4.69) is 10.3 Å². The number of nitrogens with zero attached hydrogens (tertiary/aromatic N) is 1. The van der Waals surface area contributed by atoms with Gasteiger partial charge >= 0.3 is 0 Å². The lowest BCUT2D eigenvalue weighted by Gasteiger charge is -2.11. The van der Waals surface area contributed by atoms with Crippen LogP contribution in [0.4, 0.5) is 5.69 Å². The molecule has 1 heterocycles. The van der Waals surface area contributed by atoms with Crippen molar-refractivity contribution in [2.45, 2.75) is 25.6 Å². The van der Waals surface area contributed by atoms with Gasteiger partial charge in [0, 0.05) is 25.0 Å². The third kappa shape index (κ3) is 5.26. The quantitative estimate of drug-likeness (QED) is 0.460. The number of hydrogen-bond donors (Lipinski definition) is 2. The topological polar surface area (TPSA) is 68.9 Å². The molecule has 1 fully saturated rings. The second-order valence-corrected chi connectivity index (χ2v) is 4.58. The summed E-state index contributed by atoms with van der Waals surface area (Å²) in [5, 5.41) is 3.11. The fourth-order valence-corrected chi connectivity index (χ4v) is 2.09. The number of rotatable bonds is 5. The minimum atomic E-state index is 0. The summed E-state index contributed by atoms with van der Waals surface area (Å²) in [5.41, 5.74) is 7.88. The number of benzene rings is 1. The number of hydrogen-bond acceptors (Lipinski definition) is 3. The van der Waals surface area contributed by atoms with Crippen molar-refractivity contribution in [3.63, 3.8) is 0 Å². The smallest absolute Gasteiger partial charge is 0.193 e. The van der Waals surface area contributed by atoms with Crippen molar-refractivity contribution in [2.24, 2.45) is 10.7 Å². The Labute approximate surface area is 137 Å². The summed E-state index contributed by atoms with van der Waals surface area (Å²) in [5.74, 6) is 0.416. The highest BCUT2D eigenvalue weighted by atomic mass is 127. The molecule has 0 aromatic heterocycles. The Bertz CT molecular complexity index is 434. The highest BCUT2D eigenvalue weighted by Gasteiger charge is 2.14. The van der Waals surface area contributed by atoms with Gasteiger partial charge in [-0.25, -0.2) is 0 Å². The van der Waals surface area contributed by atoms with Crippen LogP contribution < -0.4 is 11.1 Å². The van der Waals surface area contributed by atoms with Crippen molar-refractivity contribution in [3.8, 4) is 0 Å². The maximum atomic E-state index is 5.89. The van der Waals surface area contributed by atoms with Crippen LogP contribution in [-0.2, 0) is 16.1 Å². The molecule has 20 heavy (non-hydrogen) atoms. The first kappa shape index (κ1) is 17.2. The van der Waals surface area contributed by atoms with Crippen LogP contribution in [0, 0.1) is 0 Å². The first-order valence-corrected chi connectivity index (χ1v) is 6.55. The van der Waals surface area contributed by atoms with Gasteiger partial charge in [-0.05, 0) is 18.9 Å². The lowest BCUT2D eigenvalue weighted by atomic mass is 10.2. The maximum absolute atomic E-state index is 5.89. The summed E-state index contributed by atoms with van der Waals surface area (Å²) >= 11 is 0. The number of anilines is 1. The van der Waals surface area contributed by atoms with Crippen molar-refractivity contribution in [1.29, 1.82) is 0 Å². The highest BCUT2D eigenvalue weighted by Crippen LogP contribution is 2.16. The lowest BCUT2D eigenvalue weighted by Crippen LogP contribution is -2.25. The van der Waals surface area contributed by atoms with Crippen molar-refractivity contribution in [2.75, 3.05) is 25.6 Å². The molecule has 5 nitrogen and oxygen atoms in total. The number of aliphatic imine (C=N–C) groups is 1. The molecule has 1 aromatic rings. The fraction of sp³-hybridized carbons (Fsp3) is 0.500. The Hall–Kier alpha value is -0.860. The van der Waals surface area contributed by atoms with Crippen LogP contribution in [0.3, 0.4) is 0 Å². The van der Waals surface area contributed by atoms with Gasteiger partial charge in [0.05, 0.1) is 19.3 Å². The average Bonchev–Trinajstić information content (AvgIpc) is 2.92. The molecule has 0 spiro atoms. The molecule has 0 radical (unpaired) electrons. The normalized spacial score (nSPS) is 18.6. The van der Waals surface area contributed by atoms with E-state index in [0.29, 0.717) is 19.1 Å².